The van der Waals surface area contributed by atoms with E-state index in [0.717, 1.165) is 12.5 Å². The molecule has 1 aromatic rings. The van der Waals surface area contributed by atoms with Gasteiger partial charge in [-0.2, -0.15) is 13.2 Å². The molecule has 0 bridgehead atoms. The second kappa shape index (κ2) is 5.18. The van der Waals surface area contributed by atoms with E-state index in [1.54, 1.807) is 0 Å². The fourth-order valence-electron chi connectivity index (χ4n) is 2.21. The van der Waals surface area contributed by atoms with E-state index in [9.17, 15) is 18.3 Å². The Balaban J connectivity index is 2.13. The lowest BCUT2D eigenvalue weighted by Crippen LogP contribution is -2.28. The van der Waals surface area contributed by atoms with Crippen LogP contribution in [-0.4, -0.2) is 17.3 Å². The van der Waals surface area contributed by atoms with Gasteiger partial charge in [-0.05, 0) is 31.4 Å². The van der Waals surface area contributed by atoms with Gasteiger partial charge in [-0.25, -0.2) is 0 Å². The van der Waals surface area contributed by atoms with Crippen molar-refractivity contribution in [1.29, 1.82) is 0 Å². The highest BCUT2D eigenvalue weighted by atomic mass is 19.4. The van der Waals surface area contributed by atoms with E-state index in [1.807, 2.05) is 0 Å². The minimum absolute atomic E-state index is 0.149. The normalized spacial score (nSPS) is 24.9. The second-order valence-corrected chi connectivity index (χ2v) is 4.55. The van der Waals surface area contributed by atoms with Crippen molar-refractivity contribution in [3.63, 3.8) is 0 Å². The maximum Gasteiger partial charge on any atom is 0.419 e. The van der Waals surface area contributed by atoms with Crippen LogP contribution in [0.5, 0.6) is 5.75 Å². The largest absolute Gasteiger partial charge is 0.490 e. The van der Waals surface area contributed by atoms with Gasteiger partial charge < -0.3 is 9.84 Å². The minimum Gasteiger partial charge on any atom is -0.490 e. The Morgan fingerprint density at radius 3 is 2.56 bits per heavy atom. The molecule has 0 aliphatic heterocycles. The molecule has 1 aliphatic carbocycles. The lowest BCUT2D eigenvalue weighted by molar-refractivity contribution is -0.139. The van der Waals surface area contributed by atoms with E-state index < -0.39 is 17.8 Å². The number of halogens is 3. The first-order chi connectivity index (χ1) is 8.47. The van der Waals surface area contributed by atoms with Crippen LogP contribution in [0.1, 0.15) is 31.2 Å². The number of para-hydroxylation sites is 1. The number of hydrogen-bond acceptors (Lipinski definition) is 2. The maximum absolute atomic E-state index is 12.7. The number of aliphatic hydroxyl groups excluding tert-OH is 1. The van der Waals surface area contributed by atoms with Crippen molar-refractivity contribution in [2.75, 3.05) is 0 Å². The molecule has 18 heavy (non-hydrogen) atoms. The van der Waals surface area contributed by atoms with Crippen molar-refractivity contribution in [2.45, 2.75) is 44.1 Å². The van der Waals surface area contributed by atoms with Crippen molar-refractivity contribution < 1.29 is 23.0 Å². The van der Waals surface area contributed by atoms with Gasteiger partial charge in [0.15, 0.2) is 0 Å². The Bertz CT molecular complexity index is 403. The first-order valence-corrected chi connectivity index (χ1v) is 5.98. The zero-order valence-corrected chi connectivity index (χ0v) is 9.78. The van der Waals surface area contributed by atoms with Gasteiger partial charge in [0.1, 0.15) is 11.9 Å². The van der Waals surface area contributed by atoms with Gasteiger partial charge in [-0.1, -0.05) is 12.1 Å². The fraction of sp³-hybridized carbons (Fsp3) is 0.538. The smallest absolute Gasteiger partial charge is 0.419 e. The number of ether oxygens (including phenoxy) is 1. The molecule has 0 heterocycles. The monoisotopic (exact) mass is 260 g/mol. The molecule has 0 spiro atoms. The van der Waals surface area contributed by atoms with Crippen LogP contribution in [0, 0.1) is 0 Å². The topological polar surface area (TPSA) is 29.5 Å². The molecule has 1 saturated carbocycles. The Morgan fingerprint density at radius 2 is 1.89 bits per heavy atom. The van der Waals surface area contributed by atoms with Gasteiger partial charge >= 0.3 is 6.18 Å². The molecule has 1 aromatic carbocycles. The minimum atomic E-state index is -4.41. The molecule has 0 amide bonds. The van der Waals surface area contributed by atoms with Crippen LogP contribution in [0.25, 0.3) is 0 Å². The van der Waals surface area contributed by atoms with Crippen molar-refractivity contribution in [3.8, 4) is 5.75 Å². The number of hydrogen-bond donors (Lipinski definition) is 1. The third kappa shape index (κ3) is 3.16. The first kappa shape index (κ1) is 13.2. The highest BCUT2D eigenvalue weighted by Gasteiger charge is 2.35. The van der Waals surface area contributed by atoms with Crippen molar-refractivity contribution >= 4 is 0 Å². The SMILES string of the molecule is OC1CCCC(Oc2ccccc2C(F)(F)F)C1. The standard InChI is InChI=1S/C13H15F3O2/c14-13(15,16)11-6-1-2-7-12(11)18-10-5-3-4-9(17)8-10/h1-2,6-7,9-10,17H,3-5,8H2. The molecule has 0 saturated heterocycles. The quantitative estimate of drug-likeness (QED) is 0.883. The Hall–Kier alpha value is -1.23. The molecule has 2 nitrogen and oxygen atoms in total. The second-order valence-electron chi connectivity index (χ2n) is 4.55. The van der Waals surface area contributed by atoms with Crippen LogP contribution in [0.3, 0.4) is 0 Å². The molecule has 1 aliphatic rings. The molecule has 2 rings (SSSR count). The highest BCUT2D eigenvalue weighted by Crippen LogP contribution is 2.37. The first-order valence-electron chi connectivity index (χ1n) is 5.98. The molecule has 2 atom stereocenters. The van der Waals surface area contributed by atoms with Crippen LogP contribution in [0.2, 0.25) is 0 Å². The maximum atomic E-state index is 12.7. The predicted molar refractivity (Wildman–Crippen MR) is 60.3 cm³/mol. The average Bonchev–Trinajstić information content (AvgIpc) is 2.28. The van der Waals surface area contributed by atoms with Gasteiger partial charge in [0.25, 0.3) is 0 Å². The van der Waals surface area contributed by atoms with Gasteiger partial charge in [-0.3, -0.25) is 0 Å². The summed E-state index contributed by atoms with van der Waals surface area (Å²) in [7, 11) is 0. The van der Waals surface area contributed by atoms with Crippen molar-refractivity contribution in [2.24, 2.45) is 0 Å². The molecular formula is C13H15F3O2. The number of aliphatic hydroxyl groups is 1. The summed E-state index contributed by atoms with van der Waals surface area (Å²) in [4.78, 5) is 0. The predicted octanol–water partition coefficient (Wildman–Crippen LogP) is 3.39. The van der Waals surface area contributed by atoms with Crippen LogP contribution in [0.4, 0.5) is 13.2 Å². The molecule has 0 radical (unpaired) electrons. The van der Waals surface area contributed by atoms with Gasteiger partial charge in [0, 0.05) is 6.42 Å². The summed E-state index contributed by atoms with van der Waals surface area (Å²) in [5, 5.41) is 9.48. The Labute approximate surface area is 103 Å². The zero-order chi connectivity index (χ0) is 13.2. The summed E-state index contributed by atoms with van der Waals surface area (Å²) in [6.07, 6.45) is -2.67. The van der Waals surface area contributed by atoms with Crippen LogP contribution >= 0.6 is 0 Å². The Morgan fingerprint density at radius 1 is 1.17 bits per heavy atom. The molecule has 1 N–H and O–H groups in total. The number of rotatable bonds is 2. The fourth-order valence-corrected chi connectivity index (χ4v) is 2.21. The van der Waals surface area contributed by atoms with E-state index >= 15 is 0 Å². The van der Waals surface area contributed by atoms with Crippen LogP contribution in [-0.2, 0) is 6.18 Å². The summed E-state index contributed by atoms with van der Waals surface area (Å²) in [6.45, 7) is 0. The average molecular weight is 260 g/mol. The molecular weight excluding hydrogens is 245 g/mol. The summed E-state index contributed by atoms with van der Waals surface area (Å²) in [6, 6.07) is 5.19. The summed E-state index contributed by atoms with van der Waals surface area (Å²) in [5.74, 6) is -0.149. The van der Waals surface area contributed by atoms with E-state index in [-0.39, 0.29) is 11.9 Å². The lowest BCUT2D eigenvalue weighted by Gasteiger charge is -2.27. The van der Waals surface area contributed by atoms with Crippen LogP contribution in [0.15, 0.2) is 24.3 Å². The summed E-state index contributed by atoms with van der Waals surface area (Å²) >= 11 is 0. The van der Waals surface area contributed by atoms with E-state index in [0.29, 0.717) is 19.3 Å². The lowest BCUT2D eigenvalue weighted by atomic mass is 9.95. The molecule has 5 heteroatoms. The summed E-state index contributed by atoms with van der Waals surface area (Å²) < 4.78 is 43.7. The van der Waals surface area contributed by atoms with Gasteiger partial charge in [0.2, 0.25) is 0 Å². The van der Waals surface area contributed by atoms with Crippen molar-refractivity contribution in [1.82, 2.24) is 0 Å². The molecule has 2 unspecified atom stereocenters. The van der Waals surface area contributed by atoms with Crippen LogP contribution < -0.4 is 4.74 Å². The van der Waals surface area contributed by atoms with E-state index in [4.69, 9.17) is 4.74 Å². The van der Waals surface area contributed by atoms with E-state index in [2.05, 4.69) is 0 Å². The van der Waals surface area contributed by atoms with Gasteiger partial charge in [0.05, 0.1) is 11.7 Å². The Kier molecular flexibility index (Phi) is 3.80. The third-order valence-electron chi connectivity index (χ3n) is 3.08. The molecule has 100 valence electrons. The molecule has 1 fully saturated rings. The van der Waals surface area contributed by atoms with Gasteiger partial charge in [-0.15, -0.1) is 0 Å². The number of alkyl halides is 3. The zero-order valence-electron chi connectivity index (χ0n) is 9.78. The van der Waals surface area contributed by atoms with Crippen molar-refractivity contribution in [3.05, 3.63) is 29.8 Å². The molecule has 0 aromatic heterocycles. The highest BCUT2D eigenvalue weighted by molar-refractivity contribution is 5.35. The van der Waals surface area contributed by atoms with E-state index in [1.165, 1.54) is 18.2 Å². The summed E-state index contributed by atoms with van der Waals surface area (Å²) in [5.41, 5.74) is -0.759. The number of benzene rings is 1. The third-order valence-corrected chi connectivity index (χ3v) is 3.08.